The lowest BCUT2D eigenvalue weighted by molar-refractivity contribution is 0.189. The Kier molecular flexibility index (Phi) is 5.08. The van der Waals surface area contributed by atoms with E-state index >= 15 is 0 Å². The molecule has 2 rings (SSSR count). The molecule has 0 saturated heterocycles. The van der Waals surface area contributed by atoms with Gasteiger partial charge in [0, 0.05) is 26.0 Å². The summed E-state index contributed by atoms with van der Waals surface area (Å²) in [4.78, 5) is 12.7. The molecule has 0 spiro atoms. The Balaban J connectivity index is 2.45. The van der Waals surface area contributed by atoms with Crippen LogP contribution in [-0.2, 0) is 11.3 Å². The van der Waals surface area contributed by atoms with Gasteiger partial charge in [0.25, 0.3) is 5.56 Å². The fraction of sp³-hybridized carbons (Fsp3) is 0.500. The van der Waals surface area contributed by atoms with Gasteiger partial charge in [-0.1, -0.05) is 25.2 Å². The van der Waals surface area contributed by atoms with Gasteiger partial charge in [0.15, 0.2) is 5.01 Å². The van der Waals surface area contributed by atoms with Crippen molar-refractivity contribution in [3.05, 3.63) is 28.2 Å². The van der Waals surface area contributed by atoms with Crippen LogP contribution in [0.3, 0.4) is 0 Å². The maximum absolute atomic E-state index is 12.7. The number of ether oxygens (including phenoxy) is 1. The molecule has 21 heavy (non-hydrogen) atoms. The van der Waals surface area contributed by atoms with Gasteiger partial charge in [-0.25, -0.2) is 0 Å². The monoisotopic (exact) mass is 308 g/mol. The number of pyridine rings is 1. The highest BCUT2D eigenvalue weighted by Gasteiger charge is 2.15. The average molecular weight is 308 g/mol. The van der Waals surface area contributed by atoms with Crippen molar-refractivity contribution < 1.29 is 4.74 Å². The SMILES string of the molecule is COCCCn1c(C(C)C)ccc(-c2nnc(N)s2)c1=O. The highest BCUT2D eigenvalue weighted by molar-refractivity contribution is 7.18. The van der Waals surface area contributed by atoms with Crippen LogP contribution >= 0.6 is 11.3 Å². The third-order valence-corrected chi connectivity index (χ3v) is 3.99. The van der Waals surface area contributed by atoms with Gasteiger partial charge in [-0.3, -0.25) is 4.79 Å². The number of nitrogens with zero attached hydrogens (tertiary/aromatic N) is 3. The summed E-state index contributed by atoms with van der Waals surface area (Å²) in [5.74, 6) is 0.272. The third kappa shape index (κ3) is 3.48. The molecule has 6 nitrogen and oxygen atoms in total. The van der Waals surface area contributed by atoms with E-state index in [1.54, 1.807) is 11.7 Å². The van der Waals surface area contributed by atoms with Crippen LogP contribution in [0.4, 0.5) is 5.13 Å². The highest BCUT2D eigenvalue weighted by Crippen LogP contribution is 2.23. The number of methoxy groups -OCH3 is 1. The van der Waals surface area contributed by atoms with Gasteiger partial charge in [-0.15, -0.1) is 10.2 Å². The number of rotatable bonds is 6. The van der Waals surface area contributed by atoms with Crippen LogP contribution in [0.15, 0.2) is 16.9 Å². The molecule has 0 aliphatic carbocycles. The summed E-state index contributed by atoms with van der Waals surface area (Å²) in [7, 11) is 1.66. The van der Waals surface area contributed by atoms with Crippen molar-refractivity contribution >= 4 is 16.5 Å². The van der Waals surface area contributed by atoms with E-state index in [9.17, 15) is 4.79 Å². The molecule has 0 fully saturated rings. The van der Waals surface area contributed by atoms with E-state index in [4.69, 9.17) is 10.5 Å². The molecule has 114 valence electrons. The second kappa shape index (κ2) is 6.82. The van der Waals surface area contributed by atoms with Crippen LogP contribution in [0, 0.1) is 0 Å². The maximum atomic E-state index is 12.7. The minimum atomic E-state index is -0.0477. The van der Waals surface area contributed by atoms with Gasteiger partial charge in [0.1, 0.15) is 0 Å². The van der Waals surface area contributed by atoms with E-state index in [0.29, 0.717) is 28.9 Å². The molecule has 2 heterocycles. The normalized spacial score (nSPS) is 11.2. The largest absolute Gasteiger partial charge is 0.385 e. The van der Waals surface area contributed by atoms with Crippen LogP contribution in [0.25, 0.3) is 10.6 Å². The quantitative estimate of drug-likeness (QED) is 0.826. The Labute approximate surface area is 127 Å². The Hall–Kier alpha value is -1.73. The van der Waals surface area contributed by atoms with Crippen LogP contribution in [-0.4, -0.2) is 28.5 Å². The lowest BCUT2D eigenvalue weighted by Gasteiger charge is -2.16. The molecule has 2 aromatic rings. The molecular formula is C14H20N4O2S. The van der Waals surface area contributed by atoms with E-state index in [2.05, 4.69) is 24.0 Å². The molecule has 0 amide bonds. The van der Waals surface area contributed by atoms with Gasteiger partial charge in [-0.05, 0) is 24.5 Å². The van der Waals surface area contributed by atoms with Crippen molar-refractivity contribution in [1.29, 1.82) is 0 Å². The van der Waals surface area contributed by atoms with Crippen LogP contribution < -0.4 is 11.3 Å². The van der Waals surface area contributed by atoms with E-state index in [1.165, 1.54) is 11.3 Å². The fourth-order valence-electron chi connectivity index (χ4n) is 2.20. The highest BCUT2D eigenvalue weighted by atomic mass is 32.1. The number of nitrogens with two attached hydrogens (primary N) is 1. The van der Waals surface area contributed by atoms with Gasteiger partial charge in [0.2, 0.25) is 5.13 Å². The Morgan fingerprint density at radius 1 is 1.38 bits per heavy atom. The van der Waals surface area contributed by atoms with Crippen molar-refractivity contribution in [2.75, 3.05) is 19.5 Å². The zero-order valence-corrected chi connectivity index (χ0v) is 13.3. The molecule has 0 bridgehead atoms. The summed E-state index contributed by atoms with van der Waals surface area (Å²) in [5, 5.41) is 8.67. The van der Waals surface area contributed by atoms with Crippen molar-refractivity contribution in [1.82, 2.24) is 14.8 Å². The smallest absolute Gasteiger partial charge is 0.261 e. The molecule has 2 aromatic heterocycles. The van der Waals surface area contributed by atoms with Gasteiger partial charge >= 0.3 is 0 Å². The lowest BCUT2D eigenvalue weighted by Crippen LogP contribution is -2.26. The zero-order valence-electron chi connectivity index (χ0n) is 12.5. The average Bonchev–Trinajstić information content (AvgIpc) is 2.86. The predicted molar refractivity (Wildman–Crippen MR) is 84.6 cm³/mol. The Morgan fingerprint density at radius 2 is 2.14 bits per heavy atom. The molecular weight excluding hydrogens is 288 g/mol. The van der Waals surface area contributed by atoms with Gasteiger partial charge in [-0.2, -0.15) is 0 Å². The first-order chi connectivity index (χ1) is 10.0. The second-order valence-corrected chi connectivity index (χ2v) is 6.08. The van der Waals surface area contributed by atoms with E-state index in [1.807, 2.05) is 12.1 Å². The predicted octanol–water partition coefficient (Wildman–Crippen LogP) is 2.11. The summed E-state index contributed by atoms with van der Waals surface area (Å²) in [6.45, 7) is 5.40. The Morgan fingerprint density at radius 3 is 2.71 bits per heavy atom. The standard InChI is InChI=1S/C14H20N4O2S/c1-9(2)11-6-5-10(12-16-17-14(15)21-12)13(19)18(11)7-4-8-20-3/h5-6,9H,4,7-8H2,1-3H3,(H2,15,17). The Bertz CT molecular complexity index is 663. The van der Waals surface area contributed by atoms with Crippen molar-refractivity contribution in [3.63, 3.8) is 0 Å². The molecule has 0 radical (unpaired) electrons. The number of hydrogen-bond donors (Lipinski definition) is 1. The third-order valence-electron chi connectivity index (χ3n) is 3.20. The van der Waals surface area contributed by atoms with Crippen LogP contribution in [0.2, 0.25) is 0 Å². The molecule has 0 saturated carbocycles. The lowest BCUT2D eigenvalue weighted by atomic mass is 10.1. The van der Waals surface area contributed by atoms with E-state index in [0.717, 1.165) is 12.1 Å². The van der Waals surface area contributed by atoms with Gasteiger partial charge in [0.05, 0.1) is 5.56 Å². The van der Waals surface area contributed by atoms with Gasteiger partial charge < -0.3 is 15.0 Å². The second-order valence-electron chi connectivity index (χ2n) is 5.08. The van der Waals surface area contributed by atoms with Crippen molar-refractivity contribution in [2.45, 2.75) is 32.7 Å². The number of aromatic nitrogens is 3. The molecule has 0 aromatic carbocycles. The van der Waals surface area contributed by atoms with Crippen LogP contribution in [0.5, 0.6) is 0 Å². The number of nitrogen functional groups attached to an aromatic ring is 1. The first-order valence-corrected chi connectivity index (χ1v) is 7.68. The van der Waals surface area contributed by atoms with Crippen LogP contribution in [0.1, 0.15) is 31.9 Å². The molecule has 0 atom stereocenters. The fourth-order valence-corrected chi connectivity index (χ4v) is 2.83. The summed E-state index contributed by atoms with van der Waals surface area (Å²) >= 11 is 1.22. The minimum absolute atomic E-state index is 0.0477. The minimum Gasteiger partial charge on any atom is -0.385 e. The maximum Gasteiger partial charge on any atom is 0.261 e. The first-order valence-electron chi connectivity index (χ1n) is 6.86. The summed E-state index contributed by atoms with van der Waals surface area (Å²) < 4.78 is 6.87. The molecule has 2 N–H and O–H groups in total. The molecule has 0 aliphatic heterocycles. The van der Waals surface area contributed by atoms with E-state index in [-0.39, 0.29) is 11.5 Å². The van der Waals surface area contributed by atoms with E-state index < -0.39 is 0 Å². The topological polar surface area (TPSA) is 83.0 Å². The summed E-state index contributed by atoms with van der Waals surface area (Å²) in [6.07, 6.45) is 0.790. The summed E-state index contributed by atoms with van der Waals surface area (Å²) in [6, 6.07) is 3.79. The van der Waals surface area contributed by atoms with Crippen molar-refractivity contribution in [2.24, 2.45) is 0 Å². The first kappa shape index (κ1) is 15.7. The molecule has 7 heteroatoms. The molecule has 0 unspecified atom stereocenters. The number of anilines is 1. The summed E-state index contributed by atoms with van der Waals surface area (Å²) in [5.41, 5.74) is 7.11. The molecule has 0 aliphatic rings. The number of hydrogen-bond acceptors (Lipinski definition) is 6. The zero-order chi connectivity index (χ0) is 15.4. The van der Waals surface area contributed by atoms with Crippen molar-refractivity contribution in [3.8, 4) is 10.6 Å².